The Morgan fingerprint density at radius 3 is 1.39 bits per heavy atom. The second-order valence-electron chi connectivity index (χ2n) is 16.6. The van der Waals surface area contributed by atoms with E-state index in [1.54, 1.807) is 23.1 Å². The zero-order chi connectivity index (χ0) is 38.9. The molecule has 0 unspecified atom stereocenters. The highest BCUT2D eigenvalue weighted by atomic mass is 32.1. The minimum atomic E-state index is 0.903. The van der Waals surface area contributed by atoms with Gasteiger partial charge in [0.1, 0.15) is 0 Å². The third kappa shape index (κ3) is 4.85. The molecule has 0 atom stereocenters. The van der Waals surface area contributed by atoms with Crippen LogP contribution in [0.1, 0.15) is 53.6 Å². The first-order valence-corrected chi connectivity index (χ1v) is 22.1. The molecule has 59 heavy (non-hydrogen) atoms. The summed E-state index contributed by atoms with van der Waals surface area (Å²) in [6.07, 6.45) is 2.88. The van der Waals surface area contributed by atoms with Crippen LogP contribution in [0.5, 0.6) is 0 Å². The number of hydrogen-bond donors (Lipinski definition) is 0. The van der Waals surface area contributed by atoms with Gasteiger partial charge in [0.15, 0.2) is 0 Å². The van der Waals surface area contributed by atoms with Crippen LogP contribution in [-0.4, -0.2) is 8.75 Å². The summed E-state index contributed by atoms with van der Waals surface area (Å²) in [6.45, 7) is 4.60. The van der Waals surface area contributed by atoms with Gasteiger partial charge in [-0.1, -0.05) is 127 Å². The quantitative estimate of drug-likeness (QED) is 0.177. The van der Waals surface area contributed by atoms with Crippen LogP contribution in [0.3, 0.4) is 0 Å². The summed E-state index contributed by atoms with van der Waals surface area (Å²) in [5, 5.41) is 5.37. The molecule has 6 aromatic carbocycles. The fourth-order valence-corrected chi connectivity index (χ4v) is 12.2. The lowest BCUT2D eigenvalue weighted by Crippen LogP contribution is -1.96. The van der Waals surface area contributed by atoms with Crippen molar-refractivity contribution in [3.8, 4) is 65.6 Å². The van der Waals surface area contributed by atoms with Crippen LogP contribution in [0.2, 0.25) is 0 Å². The average Bonchev–Trinajstić information content (AvgIpc) is 4.10. The Morgan fingerprint density at radius 2 is 0.847 bits per heavy atom. The molecule has 0 radical (unpaired) electrons. The molecule has 0 amide bonds. The van der Waals surface area contributed by atoms with Gasteiger partial charge in [-0.2, -0.15) is 8.75 Å². The zero-order valence-corrected chi connectivity index (χ0v) is 34.3. The Balaban J connectivity index is 0.937. The van der Waals surface area contributed by atoms with Crippen LogP contribution in [0.25, 0.3) is 98.3 Å². The summed E-state index contributed by atoms with van der Waals surface area (Å²) in [5.74, 6) is 0. The average molecular weight is 789 g/mol. The molecule has 0 saturated heterocycles. The van der Waals surface area contributed by atoms with Gasteiger partial charge in [0, 0.05) is 22.3 Å². The molecule has 4 heteroatoms. The van der Waals surface area contributed by atoms with Gasteiger partial charge in [0.05, 0.1) is 21.1 Å². The van der Waals surface area contributed by atoms with Crippen LogP contribution < -0.4 is 0 Å². The molecule has 2 aliphatic heterocycles. The van der Waals surface area contributed by atoms with E-state index in [0.29, 0.717) is 0 Å². The van der Waals surface area contributed by atoms with Crippen LogP contribution in [0, 0.1) is 0 Å². The lowest BCUT2D eigenvalue weighted by atomic mass is 9.87. The minimum absolute atomic E-state index is 0.903. The van der Waals surface area contributed by atoms with Gasteiger partial charge in [0.25, 0.3) is 0 Å². The summed E-state index contributed by atoms with van der Waals surface area (Å²) < 4.78 is 10.4. The van der Waals surface area contributed by atoms with Crippen molar-refractivity contribution in [2.75, 3.05) is 0 Å². The molecule has 5 aliphatic carbocycles. The number of benzene rings is 6. The van der Waals surface area contributed by atoms with E-state index in [2.05, 4.69) is 159 Å². The van der Waals surface area contributed by atoms with Gasteiger partial charge in [-0.15, -0.1) is 0 Å². The van der Waals surface area contributed by atoms with E-state index < -0.39 is 0 Å². The predicted molar refractivity (Wildman–Crippen MR) is 250 cm³/mol. The lowest BCUT2D eigenvalue weighted by molar-refractivity contribution is 1.23. The zero-order valence-electron chi connectivity index (χ0n) is 32.7. The van der Waals surface area contributed by atoms with E-state index in [9.17, 15) is 0 Å². The molecule has 0 spiro atoms. The van der Waals surface area contributed by atoms with Crippen molar-refractivity contribution in [3.05, 3.63) is 190 Å². The monoisotopic (exact) mass is 788 g/mol. The van der Waals surface area contributed by atoms with Crippen LogP contribution in [-0.2, 0) is 12.8 Å². The van der Waals surface area contributed by atoms with Crippen molar-refractivity contribution < 1.29 is 0 Å². The summed E-state index contributed by atoms with van der Waals surface area (Å²) in [4.78, 5) is 2.48. The second kappa shape index (κ2) is 12.5. The number of allylic oxidation sites excluding steroid dienone is 4. The first kappa shape index (κ1) is 33.5. The van der Waals surface area contributed by atoms with Crippen molar-refractivity contribution in [2.24, 2.45) is 0 Å². The van der Waals surface area contributed by atoms with Crippen molar-refractivity contribution in [2.45, 2.75) is 33.1 Å². The number of rotatable bonds is 4. The van der Waals surface area contributed by atoms with Gasteiger partial charge in [-0.3, -0.25) is 0 Å². The van der Waals surface area contributed by atoms with E-state index >= 15 is 0 Å². The number of fused-ring (bicyclic) bond motifs is 14. The van der Waals surface area contributed by atoms with Gasteiger partial charge >= 0.3 is 0 Å². The van der Waals surface area contributed by atoms with Gasteiger partial charge in [-0.05, 0) is 174 Å². The topological polar surface area (TPSA) is 25.8 Å². The molecule has 2 nitrogen and oxygen atoms in total. The second-order valence-corrected chi connectivity index (χ2v) is 18.2. The third-order valence-electron chi connectivity index (χ3n) is 13.5. The van der Waals surface area contributed by atoms with Gasteiger partial charge < -0.3 is 0 Å². The fraction of sp³-hybridized carbons (Fsp3) is 0.0909. The Labute approximate surface area is 351 Å². The number of hydrogen-bond acceptors (Lipinski definition) is 4. The van der Waals surface area contributed by atoms with E-state index in [1.807, 2.05) is 0 Å². The molecule has 0 fully saturated rings. The smallest absolute Gasteiger partial charge is 0.0845 e. The van der Waals surface area contributed by atoms with Crippen LogP contribution in [0.4, 0.5) is 0 Å². The Hall–Kier alpha value is -6.46. The number of aromatic nitrogens is 2. The minimum Gasteiger partial charge on any atom is -0.192 e. The Bertz CT molecular complexity index is 3440. The molecule has 0 N–H and O–H groups in total. The summed E-state index contributed by atoms with van der Waals surface area (Å²) in [5.41, 5.74) is 26.1. The maximum absolute atomic E-state index is 5.22. The van der Waals surface area contributed by atoms with E-state index in [4.69, 9.17) is 8.75 Å². The maximum Gasteiger partial charge on any atom is 0.0845 e. The van der Waals surface area contributed by atoms with Gasteiger partial charge in [0.2, 0.25) is 0 Å². The standard InChI is InChI=1S/C55H36N2S2/c1-30-23-50(36-15-7-8-16-41(36)51-26-48-39-21-19-37-34-13-5-3-11-32(34)24-44(37)46(39)28-53(48)58-56-51)55(31(30)2)43-18-10-9-17-42(43)52-27-49-40-22-20-38-35-14-6-4-12-33(35)25-45(38)47(40)29-54(49)59-57-52/h3-22,26-29H,23-25H2,1-2H3. The Morgan fingerprint density at radius 1 is 0.390 bits per heavy atom. The first-order chi connectivity index (χ1) is 29.1. The van der Waals surface area contributed by atoms with E-state index in [-0.39, 0.29) is 0 Å². The van der Waals surface area contributed by atoms with Crippen LogP contribution >= 0.6 is 23.1 Å². The molecule has 0 saturated carbocycles. The van der Waals surface area contributed by atoms with E-state index in [1.165, 1.54) is 131 Å². The first-order valence-electron chi connectivity index (χ1n) is 20.5. The van der Waals surface area contributed by atoms with E-state index in [0.717, 1.165) is 30.7 Å². The molecular weight excluding hydrogens is 753 g/mol. The summed E-state index contributed by atoms with van der Waals surface area (Å²) in [7, 11) is 0. The fourth-order valence-electron chi connectivity index (χ4n) is 10.6. The van der Waals surface area contributed by atoms with Gasteiger partial charge in [-0.25, -0.2) is 0 Å². The SMILES string of the molecule is CC1=C(C)C(c2ccccc2-c2cc3c4ccc5c(c4cc-3sn2)Cc2ccccc2-5)=C(c2ccccc2-c2cc3c4ccc5c(c4cc-3sn2)Cc2ccccc2-5)C1. The molecule has 0 bridgehead atoms. The third-order valence-corrected chi connectivity index (χ3v) is 15.2. The highest BCUT2D eigenvalue weighted by Gasteiger charge is 2.29. The largest absolute Gasteiger partial charge is 0.192 e. The normalized spacial score (nSPS) is 14.3. The highest BCUT2D eigenvalue weighted by Crippen LogP contribution is 2.51. The molecule has 13 rings (SSSR count). The lowest BCUT2D eigenvalue weighted by Gasteiger charge is -2.17. The van der Waals surface area contributed by atoms with Crippen molar-refractivity contribution in [1.29, 1.82) is 0 Å². The molecule has 278 valence electrons. The predicted octanol–water partition coefficient (Wildman–Crippen LogP) is 15.2. The molecule has 7 aliphatic rings. The van der Waals surface area contributed by atoms with Crippen LogP contribution in [0.15, 0.2) is 157 Å². The van der Waals surface area contributed by atoms with Crippen molar-refractivity contribution >= 4 is 55.8 Å². The Kier molecular flexibility index (Phi) is 7.11. The maximum atomic E-state index is 5.22. The number of nitrogens with zero attached hydrogens (tertiary/aromatic N) is 2. The molecule has 0 aromatic heterocycles. The molecule has 2 heterocycles. The molecular formula is C55H36N2S2. The van der Waals surface area contributed by atoms with Crippen molar-refractivity contribution in [1.82, 2.24) is 8.75 Å². The van der Waals surface area contributed by atoms with Crippen molar-refractivity contribution in [3.63, 3.8) is 0 Å². The molecule has 6 aromatic rings. The summed E-state index contributed by atoms with van der Waals surface area (Å²) in [6, 6.07) is 54.3. The summed E-state index contributed by atoms with van der Waals surface area (Å²) >= 11 is 3.25. The highest BCUT2D eigenvalue weighted by molar-refractivity contribution is 7.10.